The van der Waals surface area contributed by atoms with Crippen LogP contribution in [0.4, 0.5) is 10.1 Å². The average Bonchev–Trinajstić information content (AvgIpc) is 2.41. The fourth-order valence-electron chi connectivity index (χ4n) is 1.77. The first-order valence-electron chi connectivity index (χ1n) is 5.93. The van der Waals surface area contributed by atoms with Crippen LogP contribution in [0.5, 0.6) is 0 Å². The molecule has 0 radical (unpaired) electrons. The van der Waals surface area contributed by atoms with Gasteiger partial charge in [0.2, 0.25) is 0 Å². The minimum absolute atomic E-state index is 0.0448. The zero-order valence-corrected chi connectivity index (χ0v) is 11.8. The molecule has 5 heteroatoms. The number of rotatable bonds is 4. The van der Waals surface area contributed by atoms with E-state index in [9.17, 15) is 4.39 Å². The van der Waals surface area contributed by atoms with E-state index < -0.39 is 0 Å². The van der Waals surface area contributed by atoms with Crippen LogP contribution in [-0.4, -0.2) is 4.98 Å². The zero-order chi connectivity index (χ0) is 13.8. The van der Waals surface area contributed by atoms with E-state index in [1.54, 1.807) is 24.3 Å². The number of nitrogens with one attached hydrogen (secondary N) is 1. The lowest BCUT2D eigenvalue weighted by atomic mass is 10.1. The Labute approximate surface area is 121 Å². The van der Waals surface area contributed by atoms with Crippen molar-refractivity contribution in [1.29, 1.82) is 0 Å². The second-order valence-corrected chi connectivity index (χ2v) is 4.97. The second kappa shape index (κ2) is 6.22. The smallest absolute Gasteiger partial charge is 0.141 e. The molecule has 1 unspecified atom stereocenters. The molecule has 19 heavy (non-hydrogen) atoms. The van der Waals surface area contributed by atoms with Gasteiger partial charge in [-0.05, 0) is 36.8 Å². The molecule has 1 heterocycles. The van der Waals surface area contributed by atoms with Gasteiger partial charge in [0.25, 0.3) is 0 Å². The van der Waals surface area contributed by atoms with Gasteiger partial charge in [0.15, 0.2) is 0 Å². The normalized spacial score (nSPS) is 12.2. The molecule has 0 saturated carbocycles. The number of halogens is 3. The third-order valence-electron chi connectivity index (χ3n) is 2.77. The van der Waals surface area contributed by atoms with Crippen LogP contribution in [0.15, 0.2) is 36.5 Å². The van der Waals surface area contributed by atoms with Gasteiger partial charge in [0.05, 0.1) is 28.6 Å². The standard InChI is InChI=1S/C14H13Cl2FN2/c1-2-12(13-6-4-10(17)8-18-13)19-14-7-9(15)3-5-11(14)16/h3-8,12,19H,2H2,1H3. The van der Waals surface area contributed by atoms with Gasteiger partial charge in [0.1, 0.15) is 5.82 Å². The Morgan fingerprint density at radius 1 is 1.26 bits per heavy atom. The molecule has 0 bridgehead atoms. The number of hydrogen-bond donors (Lipinski definition) is 1. The maximum absolute atomic E-state index is 12.9. The van der Waals surface area contributed by atoms with Crippen LogP contribution < -0.4 is 5.32 Å². The molecule has 0 spiro atoms. The Balaban J connectivity index is 2.23. The van der Waals surface area contributed by atoms with Crippen LogP contribution >= 0.6 is 23.2 Å². The van der Waals surface area contributed by atoms with Gasteiger partial charge in [0, 0.05) is 5.02 Å². The summed E-state index contributed by atoms with van der Waals surface area (Å²) in [6, 6.07) is 8.23. The predicted octanol–water partition coefficient (Wildman–Crippen LogP) is 5.09. The van der Waals surface area contributed by atoms with Gasteiger partial charge in [-0.15, -0.1) is 0 Å². The Morgan fingerprint density at radius 3 is 2.68 bits per heavy atom. The summed E-state index contributed by atoms with van der Waals surface area (Å²) in [6.07, 6.45) is 2.00. The molecule has 0 fully saturated rings. The summed E-state index contributed by atoms with van der Waals surface area (Å²) >= 11 is 12.1. The fraction of sp³-hybridized carbons (Fsp3) is 0.214. The monoisotopic (exact) mass is 298 g/mol. The lowest BCUT2D eigenvalue weighted by molar-refractivity contribution is 0.614. The summed E-state index contributed by atoms with van der Waals surface area (Å²) in [5.74, 6) is -0.348. The van der Waals surface area contributed by atoms with Crippen molar-refractivity contribution in [3.05, 3.63) is 58.1 Å². The second-order valence-electron chi connectivity index (χ2n) is 4.13. The van der Waals surface area contributed by atoms with Crippen molar-refractivity contribution in [1.82, 2.24) is 4.98 Å². The fourth-order valence-corrected chi connectivity index (χ4v) is 2.12. The highest BCUT2D eigenvalue weighted by atomic mass is 35.5. The number of anilines is 1. The first-order chi connectivity index (χ1) is 9.10. The van der Waals surface area contributed by atoms with E-state index in [2.05, 4.69) is 10.3 Å². The van der Waals surface area contributed by atoms with E-state index in [1.165, 1.54) is 12.3 Å². The summed E-state index contributed by atoms with van der Waals surface area (Å²) in [4.78, 5) is 4.08. The Hall–Kier alpha value is -1.32. The molecule has 1 atom stereocenters. The third-order valence-corrected chi connectivity index (χ3v) is 3.34. The first-order valence-corrected chi connectivity index (χ1v) is 6.68. The largest absolute Gasteiger partial charge is 0.375 e. The number of nitrogens with zero attached hydrogens (tertiary/aromatic N) is 1. The van der Waals surface area contributed by atoms with Crippen molar-refractivity contribution < 1.29 is 4.39 Å². The Bertz CT molecular complexity index is 558. The highest BCUT2D eigenvalue weighted by molar-refractivity contribution is 6.35. The molecule has 2 rings (SSSR count). The number of hydrogen-bond acceptors (Lipinski definition) is 2. The maximum Gasteiger partial charge on any atom is 0.141 e. The average molecular weight is 299 g/mol. The summed E-state index contributed by atoms with van der Waals surface area (Å²) in [6.45, 7) is 2.02. The molecule has 0 saturated heterocycles. The predicted molar refractivity (Wildman–Crippen MR) is 77.3 cm³/mol. The van der Waals surface area contributed by atoms with Crippen molar-refractivity contribution in [2.45, 2.75) is 19.4 Å². The molecule has 2 nitrogen and oxygen atoms in total. The maximum atomic E-state index is 12.9. The number of aromatic nitrogens is 1. The summed E-state index contributed by atoms with van der Waals surface area (Å²) in [5, 5.41) is 4.47. The van der Waals surface area contributed by atoms with Gasteiger partial charge in [-0.25, -0.2) is 4.39 Å². The van der Waals surface area contributed by atoms with E-state index in [4.69, 9.17) is 23.2 Å². The lowest BCUT2D eigenvalue weighted by Crippen LogP contribution is -2.11. The molecule has 1 aromatic heterocycles. The zero-order valence-electron chi connectivity index (χ0n) is 10.3. The molecule has 0 aliphatic heterocycles. The minimum atomic E-state index is -0.348. The van der Waals surface area contributed by atoms with Crippen molar-refractivity contribution in [3.8, 4) is 0 Å². The van der Waals surface area contributed by atoms with E-state index >= 15 is 0 Å². The first kappa shape index (κ1) is 14.1. The van der Waals surface area contributed by atoms with Crippen LogP contribution in [0.3, 0.4) is 0 Å². The van der Waals surface area contributed by atoms with E-state index in [0.717, 1.165) is 17.8 Å². The van der Waals surface area contributed by atoms with Gasteiger partial charge in [-0.3, -0.25) is 4.98 Å². The topological polar surface area (TPSA) is 24.9 Å². The molecule has 0 aliphatic rings. The van der Waals surface area contributed by atoms with E-state index in [0.29, 0.717) is 10.0 Å². The molecule has 2 aromatic rings. The summed E-state index contributed by atoms with van der Waals surface area (Å²) in [5.41, 5.74) is 1.51. The van der Waals surface area contributed by atoms with Crippen LogP contribution in [0.25, 0.3) is 0 Å². The Morgan fingerprint density at radius 2 is 2.05 bits per heavy atom. The number of benzene rings is 1. The van der Waals surface area contributed by atoms with Crippen molar-refractivity contribution in [2.75, 3.05) is 5.32 Å². The SMILES string of the molecule is CCC(Nc1cc(Cl)ccc1Cl)c1ccc(F)cn1. The van der Waals surface area contributed by atoms with Gasteiger partial charge >= 0.3 is 0 Å². The summed E-state index contributed by atoms with van der Waals surface area (Å²) in [7, 11) is 0. The van der Waals surface area contributed by atoms with Gasteiger partial charge < -0.3 is 5.32 Å². The lowest BCUT2D eigenvalue weighted by Gasteiger charge is -2.18. The highest BCUT2D eigenvalue weighted by Crippen LogP contribution is 2.29. The highest BCUT2D eigenvalue weighted by Gasteiger charge is 2.12. The van der Waals surface area contributed by atoms with Gasteiger partial charge in [-0.1, -0.05) is 30.1 Å². The van der Waals surface area contributed by atoms with Crippen LogP contribution in [0, 0.1) is 5.82 Å². The van der Waals surface area contributed by atoms with Crippen molar-refractivity contribution >= 4 is 28.9 Å². The van der Waals surface area contributed by atoms with Crippen LogP contribution in [0.2, 0.25) is 10.0 Å². The Kier molecular flexibility index (Phi) is 4.61. The minimum Gasteiger partial charge on any atom is -0.375 e. The summed E-state index contributed by atoms with van der Waals surface area (Å²) < 4.78 is 12.9. The molecule has 0 aliphatic carbocycles. The van der Waals surface area contributed by atoms with Gasteiger partial charge in [-0.2, -0.15) is 0 Å². The van der Waals surface area contributed by atoms with Crippen molar-refractivity contribution in [2.24, 2.45) is 0 Å². The molecule has 1 aromatic carbocycles. The quantitative estimate of drug-likeness (QED) is 0.850. The van der Waals surface area contributed by atoms with E-state index in [-0.39, 0.29) is 11.9 Å². The number of pyridine rings is 1. The van der Waals surface area contributed by atoms with Crippen LogP contribution in [-0.2, 0) is 0 Å². The van der Waals surface area contributed by atoms with Crippen LogP contribution in [0.1, 0.15) is 25.1 Å². The molecule has 1 N–H and O–H groups in total. The van der Waals surface area contributed by atoms with Crippen molar-refractivity contribution in [3.63, 3.8) is 0 Å². The molecular weight excluding hydrogens is 286 g/mol. The van der Waals surface area contributed by atoms with E-state index in [1.807, 2.05) is 6.92 Å². The molecule has 0 amide bonds. The molecular formula is C14H13Cl2FN2. The third kappa shape index (κ3) is 3.58. The molecule has 100 valence electrons.